The number of carbonyl (C=O) groups is 2. The number of hydrogen-bond donors (Lipinski definition) is 2. The van der Waals surface area contributed by atoms with E-state index in [0.717, 1.165) is 0 Å². The van der Waals surface area contributed by atoms with Gasteiger partial charge in [0.2, 0.25) is 6.41 Å². The third-order valence-electron chi connectivity index (χ3n) is 0.201. The Labute approximate surface area is 59.9 Å². The average molecular weight is 297 g/mol. The Balaban J connectivity index is 0. The van der Waals surface area contributed by atoms with Crippen molar-refractivity contribution < 1.29 is 9.59 Å². The first-order chi connectivity index (χ1) is 2.77. The van der Waals surface area contributed by atoms with Crippen LogP contribution in [0.5, 0.6) is 0 Å². The summed E-state index contributed by atoms with van der Waals surface area (Å²) in [6, 6.07) is -0.829. The van der Waals surface area contributed by atoms with Gasteiger partial charge in [-0.1, -0.05) is 0 Å². The van der Waals surface area contributed by atoms with E-state index in [1.807, 2.05) is 0 Å². The number of imide groups is 1. The van der Waals surface area contributed by atoms with Crippen molar-refractivity contribution in [3.8, 4) is 0 Å². The van der Waals surface area contributed by atoms with Crippen LogP contribution in [0.3, 0.4) is 0 Å². The Bertz CT molecular complexity index is 74.1. The molecule has 0 aliphatic rings. The largest absolute Gasteiger partial charge is 0.351 e. The zero-order valence-corrected chi connectivity index (χ0v) is 6.55. The second-order valence-electron chi connectivity index (χ2n) is 0.626. The van der Waals surface area contributed by atoms with Crippen LogP contribution in [0, 0.1) is 0 Å². The van der Waals surface area contributed by atoms with Crippen molar-refractivity contribution in [1.82, 2.24) is 5.32 Å². The zero-order chi connectivity index (χ0) is 4.99. The quantitative estimate of drug-likeness (QED) is 0.574. The first-order valence-corrected chi connectivity index (χ1v) is 1.27. The smallest absolute Gasteiger partial charge is 0.318 e. The Hall–Kier alpha value is -0.164. The van der Waals surface area contributed by atoms with Crippen LogP contribution in [-0.4, -0.2) is 39.0 Å². The van der Waals surface area contributed by atoms with E-state index < -0.39 is 6.03 Å². The molecule has 0 aliphatic heterocycles. The molecule has 0 saturated heterocycles. The maximum atomic E-state index is 9.48. The van der Waals surface area contributed by atoms with Crippen molar-refractivity contribution in [3.05, 3.63) is 0 Å². The van der Waals surface area contributed by atoms with E-state index in [2.05, 4.69) is 5.73 Å². The summed E-state index contributed by atoms with van der Waals surface area (Å²) in [5.41, 5.74) is 4.42. The molecular formula is C2H4N2O2Po. The van der Waals surface area contributed by atoms with Gasteiger partial charge in [-0.15, -0.1) is 0 Å². The molecule has 0 heterocycles. The minimum Gasteiger partial charge on any atom is -0.351 e. The molecule has 5 heteroatoms. The SMILES string of the molecule is NC(=O)NC=O.[Po]. The number of amides is 3. The summed E-state index contributed by atoms with van der Waals surface area (Å²) in [5, 5.41) is 1.67. The Kier molecular flexibility index (Phi) is 8.30. The zero-order valence-electron chi connectivity index (χ0n) is 3.38. The third-order valence-corrected chi connectivity index (χ3v) is 0.201. The summed E-state index contributed by atoms with van der Waals surface area (Å²) in [4.78, 5) is 18.7. The summed E-state index contributed by atoms with van der Waals surface area (Å²) in [6.45, 7) is 0. The number of carbonyl (C=O) groups excluding carboxylic acids is 2. The molecule has 3 amide bonds. The number of hydrogen-bond acceptors (Lipinski definition) is 2. The van der Waals surface area contributed by atoms with Gasteiger partial charge in [-0.2, -0.15) is 0 Å². The Morgan fingerprint density at radius 1 is 1.71 bits per heavy atom. The predicted octanol–water partition coefficient (Wildman–Crippen LogP) is -1.57. The van der Waals surface area contributed by atoms with Gasteiger partial charge in [-0.25, -0.2) is 4.79 Å². The van der Waals surface area contributed by atoms with Crippen LogP contribution in [0.15, 0.2) is 0 Å². The number of rotatable bonds is 1. The normalized spacial score (nSPS) is 5.71. The Morgan fingerprint density at radius 2 is 2.14 bits per heavy atom. The third kappa shape index (κ3) is 10.7. The molecule has 3 N–H and O–H groups in total. The fourth-order valence-electron chi connectivity index (χ4n) is 0.0581. The van der Waals surface area contributed by atoms with Crippen molar-refractivity contribution in [1.29, 1.82) is 0 Å². The molecule has 7 heavy (non-hydrogen) atoms. The molecule has 40 valence electrons. The molecule has 0 aliphatic carbocycles. The number of urea groups is 1. The second-order valence-corrected chi connectivity index (χ2v) is 0.626. The van der Waals surface area contributed by atoms with Gasteiger partial charge in [0.05, 0.1) is 0 Å². The van der Waals surface area contributed by atoms with Gasteiger partial charge in [0.25, 0.3) is 0 Å². The van der Waals surface area contributed by atoms with E-state index in [0.29, 0.717) is 0 Å². The van der Waals surface area contributed by atoms with Crippen molar-refractivity contribution in [2.24, 2.45) is 5.73 Å². The molecule has 0 atom stereocenters. The first-order valence-electron chi connectivity index (χ1n) is 1.27. The van der Waals surface area contributed by atoms with Crippen LogP contribution >= 0.6 is 0 Å². The monoisotopic (exact) mass is 297 g/mol. The molecule has 0 spiro atoms. The van der Waals surface area contributed by atoms with Crippen LogP contribution in [0.25, 0.3) is 0 Å². The van der Waals surface area contributed by atoms with Gasteiger partial charge in [0.1, 0.15) is 0 Å². The van der Waals surface area contributed by atoms with E-state index in [-0.39, 0.29) is 33.0 Å². The second kappa shape index (κ2) is 5.84. The van der Waals surface area contributed by atoms with Crippen molar-refractivity contribution >= 4 is 39.0 Å². The van der Waals surface area contributed by atoms with Crippen LogP contribution in [0.2, 0.25) is 0 Å². The molecule has 0 fully saturated rings. The van der Waals surface area contributed by atoms with Gasteiger partial charge in [-0.05, 0) is 0 Å². The van der Waals surface area contributed by atoms with Crippen molar-refractivity contribution in [2.45, 2.75) is 0 Å². The minimum atomic E-state index is -0.829. The van der Waals surface area contributed by atoms with Crippen molar-refractivity contribution in [3.63, 3.8) is 0 Å². The van der Waals surface area contributed by atoms with Gasteiger partial charge >= 0.3 is 6.03 Å². The van der Waals surface area contributed by atoms with E-state index in [9.17, 15) is 9.59 Å². The number of primary amides is 1. The Morgan fingerprint density at radius 3 is 2.14 bits per heavy atom. The maximum absolute atomic E-state index is 9.48. The molecule has 4 nitrogen and oxygen atoms in total. The molecule has 0 aromatic carbocycles. The molecule has 0 saturated carbocycles. The molecular weight excluding hydrogens is 293 g/mol. The molecule has 0 rings (SSSR count). The summed E-state index contributed by atoms with van der Waals surface area (Å²) >= 11 is 0. The summed E-state index contributed by atoms with van der Waals surface area (Å²) in [5.74, 6) is 0. The molecule has 0 bridgehead atoms. The average Bonchev–Trinajstić information content (AvgIpc) is 1.35. The fourth-order valence-corrected chi connectivity index (χ4v) is 0.0581. The van der Waals surface area contributed by atoms with Crippen LogP contribution in [0.4, 0.5) is 4.79 Å². The van der Waals surface area contributed by atoms with Gasteiger partial charge in [-0.3, -0.25) is 10.1 Å². The maximum Gasteiger partial charge on any atom is 0.318 e. The molecule has 0 unspecified atom stereocenters. The van der Waals surface area contributed by atoms with E-state index in [4.69, 9.17) is 0 Å². The van der Waals surface area contributed by atoms with Crippen LogP contribution < -0.4 is 11.1 Å². The topological polar surface area (TPSA) is 72.2 Å². The number of nitrogens with one attached hydrogen (secondary N) is 1. The summed E-state index contributed by atoms with van der Waals surface area (Å²) in [6.07, 6.45) is 0.225. The fraction of sp³-hybridized carbons (Fsp3) is 0. The van der Waals surface area contributed by atoms with Crippen molar-refractivity contribution in [2.75, 3.05) is 0 Å². The first kappa shape index (κ1) is 9.96. The van der Waals surface area contributed by atoms with Crippen LogP contribution in [-0.2, 0) is 4.79 Å². The van der Waals surface area contributed by atoms with Gasteiger partial charge in [0.15, 0.2) is 0 Å². The van der Waals surface area contributed by atoms with Crippen LogP contribution in [0.1, 0.15) is 0 Å². The van der Waals surface area contributed by atoms with Gasteiger partial charge in [0, 0.05) is 26.6 Å². The van der Waals surface area contributed by atoms with E-state index in [1.54, 1.807) is 5.32 Å². The number of nitrogens with two attached hydrogens (primary N) is 1. The predicted molar refractivity (Wildman–Crippen MR) is 24.5 cm³/mol. The minimum absolute atomic E-state index is 0. The molecule has 0 aromatic heterocycles. The van der Waals surface area contributed by atoms with E-state index >= 15 is 0 Å². The summed E-state index contributed by atoms with van der Waals surface area (Å²) < 4.78 is 0. The van der Waals surface area contributed by atoms with Gasteiger partial charge < -0.3 is 5.73 Å². The molecule has 0 aromatic rings. The standard InChI is InChI=1S/C2H4N2O2.Po/c3-2(6)4-1-5;/h1H,(H3,3,4,5,6);. The summed E-state index contributed by atoms with van der Waals surface area (Å²) in [7, 11) is 0. The molecule has 2 radical (unpaired) electrons. The van der Waals surface area contributed by atoms with E-state index in [1.165, 1.54) is 0 Å².